The van der Waals surface area contributed by atoms with E-state index in [1.165, 1.54) is 17.8 Å². The number of nitrogens with one attached hydrogen (secondary N) is 1. The highest BCUT2D eigenvalue weighted by Gasteiger charge is 2.26. The van der Waals surface area contributed by atoms with E-state index >= 15 is 0 Å². The number of rotatable bonds is 11. The van der Waals surface area contributed by atoms with E-state index in [4.69, 9.17) is 4.74 Å². The number of hydrogen-bond donors (Lipinski definition) is 1. The number of carbonyl (C=O) groups excluding carboxylic acids is 2. The van der Waals surface area contributed by atoms with E-state index < -0.39 is 6.04 Å². The number of amides is 2. The number of halogens is 1. The van der Waals surface area contributed by atoms with Gasteiger partial charge in [0.1, 0.15) is 17.6 Å². The molecular weight excluding hydrogens is 415 g/mol. The maximum atomic E-state index is 13.8. The highest BCUT2D eigenvalue weighted by Crippen LogP contribution is 2.19. The molecule has 2 aromatic rings. The normalized spacial score (nSPS) is 12.7. The molecule has 5 nitrogen and oxygen atoms in total. The maximum absolute atomic E-state index is 13.8. The third-order valence-electron chi connectivity index (χ3n) is 5.10. The molecule has 0 saturated heterocycles. The molecule has 0 aromatic heterocycles. The summed E-state index contributed by atoms with van der Waals surface area (Å²) in [6.07, 6.45) is 0.806. The molecule has 2 amide bonds. The fourth-order valence-corrected chi connectivity index (χ4v) is 3.86. The topological polar surface area (TPSA) is 58.6 Å². The van der Waals surface area contributed by atoms with Crippen molar-refractivity contribution >= 4 is 23.6 Å². The first-order valence-corrected chi connectivity index (χ1v) is 11.5. The molecule has 31 heavy (non-hydrogen) atoms. The van der Waals surface area contributed by atoms with Crippen molar-refractivity contribution in [1.82, 2.24) is 10.2 Å². The standard InChI is InChI=1S/C24H31FN2O3S/c1-5-17(2)26-24(29)18(3)27(14-19-9-8-11-21(13-19)30-4)23(28)16-31-15-20-10-6-7-12-22(20)25/h6-13,17-18H,5,14-16H2,1-4H3,(H,26,29)/t17-,18+/m1/s1. The summed E-state index contributed by atoms with van der Waals surface area (Å²) in [4.78, 5) is 27.4. The SMILES string of the molecule is CC[C@@H](C)NC(=O)[C@H](C)N(Cc1cccc(OC)c1)C(=O)CSCc1ccccc1F. The Morgan fingerprint density at radius 2 is 1.90 bits per heavy atom. The number of benzene rings is 2. The average Bonchev–Trinajstić information content (AvgIpc) is 2.78. The summed E-state index contributed by atoms with van der Waals surface area (Å²) in [6.45, 7) is 5.94. The van der Waals surface area contributed by atoms with E-state index in [-0.39, 0.29) is 36.0 Å². The van der Waals surface area contributed by atoms with Crippen LogP contribution in [0.15, 0.2) is 48.5 Å². The molecule has 0 spiro atoms. The largest absolute Gasteiger partial charge is 0.497 e. The number of nitrogens with zero attached hydrogens (tertiary/aromatic N) is 1. The summed E-state index contributed by atoms with van der Waals surface area (Å²) < 4.78 is 19.1. The lowest BCUT2D eigenvalue weighted by molar-refractivity contribution is -0.138. The second-order valence-electron chi connectivity index (χ2n) is 7.45. The van der Waals surface area contributed by atoms with Crippen LogP contribution in [0.1, 0.15) is 38.3 Å². The number of ether oxygens (including phenoxy) is 1. The minimum Gasteiger partial charge on any atom is -0.497 e. The van der Waals surface area contributed by atoms with Crippen LogP contribution in [-0.4, -0.2) is 41.7 Å². The molecule has 7 heteroatoms. The predicted octanol–water partition coefficient (Wildman–Crippen LogP) is 4.40. The van der Waals surface area contributed by atoms with Gasteiger partial charge in [-0.15, -0.1) is 11.8 Å². The molecule has 0 radical (unpaired) electrons. The zero-order valence-corrected chi connectivity index (χ0v) is 19.4. The summed E-state index contributed by atoms with van der Waals surface area (Å²) in [7, 11) is 1.59. The van der Waals surface area contributed by atoms with Gasteiger partial charge >= 0.3 is 0 Å². The van der Waals surface area contributed by atoms with E-state index in [0.29, 0.717) is 17.1 Å². The maximum Gasteiger partial charge on any atom is 0.242 e. The second kappa shape index (κ2) is 12.3. The molecule has 0 aliphatic rings. The Hall–Kier alpha value is -2.54. The molecule has 0 aliphatic carbocycles. The van der Waals surface area contributed by atoms with Gasteiger partial charge in [-0.2, -0.15) is 0 Å². The van der Waals surface area contributed by atoms with Crippen molar-refractivity contribution in [3.63, 3.8) is 0 Å². The molecule has 2 rings (SSSR count). The van der Waals surface area contributed by atoms with Crippen molar-refractivity contribution in [2.45, 2.75) is 51.6 Å². The first-order chi connectivity index (χ1) is 14.8. The van der Waals surface area contributed by atoms with Crippen molar-refractivity contribution in [1.29, 1.82) is 0 Å². The molecule has 0 heterocycles. The minimum atomic E-state index is -0.637. The minimum absolute atomic E-state index is 0.0270. The Morgan fingerprint density at radius 3 is 2.58 bits per heavy atom. The van der Waals surface area contributed by atoms with Crippen LogP contribution >= 0.6 is 11.8 Å². The van der Waals surface area contributed by atoms with E-state index in [0.717, 1.165) is 12.0 Å². The fourth-order valence-electron chi connectivity index (χ4n) is 2.96. The van der Waals surface area contributed by atoms with Crippen LogP contribution in [0, 0.1) is 5.82 Å². The van der Waals surface area contributed by atoms with E-state index in [9.17, 15) is 14.0 Å². The zero-order valence-electron chi connectivity index (χ0n) is 18.6. The predicted molar refractivity (Wildman–Crippen MR) is 123 cm³/mol. The molecular formula is C24H31FN2O3S. The van der Waals surface area contributed by atoms with Crippen LogP contribution in [0.5, 0.6) is 5.75 Å². The van der Waals surface area contributed by atoms with Gasteiger partial charge in [-0.25, -0.2) is 4.39 Å². The van der Waals surface area contributed by atoms with Gasteiger partial charge in [-0.1, -0.05) is 37.3 Å². The van der Waals surface area contributed by atoms with Gasteiger partial charge in [0.05, 0.1) is 12.9 Å². The van der Waals surface area contributed by atoms with Gasteiger partial charge in [0.2, 0.25) is 11.8 Å². The molecule has 0 fully saturated rings. The third kappa shape index (κ3) is 7.58. The monoisotopic (exact) mass is 446 g/mol. The molecule has 0 saturated carbocycles. The Labute approximate surface area is 188 Å². The zero-order chi connectivity index (χ0) is 22.8. The van der Waals surface area contributed by atoms with Crippen LogP contribution in [-0.2, 0) is 21.9 Å². The van der Waals surface area contributed by atoms with Gasteiger partial charge < -0.3 is 15.0 Å². The molecule has 1 N–H and O–H groups in total. The fraction of sp³-hybridized carbons (Fsp3) is 0.417. The lowest BCUT2D eigenvalue weighted by Crippen LogP contribution is -2.50. The Bertz CT molecular complexity index is 877. The van der Waals surface area contributed by atoms with E-state index in [1.54, 1.807) is 37.1 Å². The molecule has 0 unspecified atom stereocenters. The van der Waals surface area contributed by atoms with Crippen LogP contribution in [0.3, 0.4) is 0 Å². The van der Waals surface area contributed by atoms with Gasteiger partial charge in [0.15, 0.2) is 0 Å². The van der Waals surface area contributed by atoms with Gasteiger partial charge in [-0.05, 0) is 49.6 Å². The van der Waals surface area contributed by atoms with Crippen molar-refractivity contribution in [3.8, 4) is 5.75 Å². The quantitative estimate of drug-likeness (QED) is 0.556. The molecule has 0 aliphatic heterocycles. The van der Waals surface area contributed by atoms with Crippen molar-refractivity contribution < 1.29 is 18.7 Å². The van der Waals surface area contributed by atoms with Crippen LogP contribution in [0.4, 0.5) is 4.39 Å². The number of thioether (sulfide) groups is 1. The van der Waals surface area contributed by atoms with E-state index in [1.807, 2.05) is 38.1 Å². The average molecular weight is 447 g/mol. The number of hydrogen-bond acceptors (Lipinski definition) is 4. The highest BCUT2D eigenvalue weighted by atomic mass is 32.2. The van der Waals surface area contributed by atoms with Crippen molar-refractivity contribution in [2.75, 3.05) is 12.9 Å². The molecule has 168 valence electrons. The molecule has 2 aromatic carbocycles. The van der Waals surface area contributed by atoms with Gasteiger partial charge in [-0.3, -0.25) is 9.59 Å². The summed E-state index contributed by atoms with van der Waals surface area (Å²) in [5, 5.41) is 2.95. The smallest absolute Gasteiger partial charge is 0.242 e. The summed E-state index contributed by atoms with van der Waals surface area (Å²) in [6, 6.07) is 13.4. The number of methoxy groups -OCH3 is 1. The Kier molecular flexibility index (Phi) is 9.85. The first-order valence-electron chi connectivity index (χ1n) is 10.4. The number of carbonyl (C=O) groups is 2. The second-order valence-corrected chi connectivity index (χ2v) is 8.44. The summed E-state index contributed by atoms with van der Waals surface area (Å²) >= 11 is 1.34. The van der Waals surface area contributed by atoms with Crippen LogP contribution < -0.4 is 10.1 Å². The van der Waals surface area contributed by atoms with Gasteiger partial charge in [0, 0.05) is 18.3 Å². The Balaban J connectivity index is 2.11. The van der Waals surface area contributed by atoms with Crippen molar-refractivity contribution in [3.05, 3.63) is 65.5 Å². The lowest BCUT2D eigenvalue weighted by Gasteiger charge is -2.29. The van der Waals surface area contributed by atoms with Crippen molar-refractivity contribution in [2.24, 2.45) is 0 Å². The highest BCUT2D eigenvalue weighted by molar-refractivity contribution is 7.99. The van der Waals surface area contributed by atoms with Crippen LogP contribution in [0.25, 0.3) is 0 Å². The third-order valence-corrected chi connectivity index (χ3v) is 6.06. The lowest BCUT2D eigenvalue weighted by atomic mass is 10.1. The van der Waals surface area contributed by atoms with Gasteiger partial charge in [0.25, 0.3) is 0 Å². The summed E-state index contributed by atoms with van der Waals surface area (Å²) in [5.74, 6) is 0.589. The Morgan fingerprint density at radius 1 is 1.16 bits per heavy atom. The molecule has 0 bridgehead atoms. The van der Waals surface area contributed by atoms with E-state index in [2.05, 4.69) is 5.32 Å². The molecule has 2 atom stereocenters. The van der Waals surface area contributed by atoms with Crippen LogP contribution in [0.2, 0.25) is 0 Å². The summed E-state index contributed by atoms with van der Waals surface area (Å²) in [5.41, 5.74) is 1.43. The first kappa shape index (κ1) is 24.7.